The first-order chi connectivity index (χ1) is 5.66. The topological polar surface area (TPSA) is 17.1 Å². The zero-order chi connectivity index (χ0) is 9.40. The molecule has 0 aliphatic carbocycles. The van der Waals surface area contributed by atoms with Crippen molar-refractivity contribution in [2.45, 2.75) is 40.0 Å². The Bertz CT molecular complexity index is 123. The van der Waals surface area contributed by atoms with Crippen LogP contribution in [0.15, 0.2) is 0 Å². The van der Waals surface area contributed by atoms with Crippen LogP contribution >= 0.6 is 11.8 Å². The summed E-state index contributed by atoms with van der Waals surface area (Å²) in [5, 5.41) is 0. The zero-order valence-corrected chi connectivity index (χ0v) is 9.25. The Morgan fingerprint density at radius 2 is 2.17 bits per heavy atom. The molecule has 1 atom stereocenters. The van der Waals surface area contributed by atoms with E-state index in [1.54, 1.807) is 6.92 Å². The summed E-state index contributed by atoms with van der Waals surface area (Å²) in [5.74, 6) is 3.53. The van der Waals surface area contributed by atoms with Gasteiger partial charge in [0.15, 0.2) is 0 Å². The number of carbonyl (C=O) groups is 1. The van der Waals surface area contributed by atoms with E-state index in [1.165, 1.54) is 12.2 Å². The predicted octanol–water partition coefficient (Wildman–Crippen LogP) is 3.13. The highest BCUT2D eigenvalue weighted by molar-refractivity contribution is 7.99. The molecule has 0 amide bonds. The minimum Gasteiger partial charge on any atom is -0.300 e. The van der Waals surface area contributed by atoms with Crippen LogP contribution in [0, 0.1) is 5.92 Å². The predicted molar refractivity (Wildman–Crippen MR) is 56.7 cm³/mol. The van der Waals surface area contributed by atoms with Crippen molar-refractivity contribution in [3.05, 3.63) is 0 Å². The maximum Gasteiger partial charge on any atom is 0.129 e. The van der Waals surface area contributed by atoms with Crippen molar-refractivity contribution in [2.24, 2.45) is 5.92 Å². The molecule has 0 N–H and O–H groups in total. The lowest BCUT2D eigenvalue weighted by Crippen LogP contribution is -1.97. The van der Waals surface area contributed by atoms with Crippen LogP contribution in [-0.4, -0.2) is 17.3 Å². The molecule has 1 nitrogen and oxygen atoms in total. The van der Waals surface area contributed by atoms with Crippen molar-refractivity contribution >= 4 is 17.5 Å². The van der Waals surface area contributed by atoms with Gasteiger partial charge in [-0.15, -0.1) is 0 Å². The van der Waals surface area contributed by atoms with Gasteiger partial charge in [-0.25, -0.2) is 0 Å². The molecule has 0 rings (SSSR count). The zero-order valence-electron chi connectivity index (χ0n) is 8.43. The fourth-order valence-corrected chi connectivity index (χ4v) is 1.98. The molecule has 0 saturated carbocycles. The monoisotopic (exact) mass is 188 g/mol. The highest BCUT2D eigenvalue weighted by atomic mass is 32.2. The lowest BCUT2D eigenvalue weighted by Gasteiger charge is -2.06. The molecule has 72 valence electrons. The Morgan fingerprint density at radius 1 is 1.50 bits per heavy atom. The second kappa shape index (κ2) is 7.66. The van der Waals surface area contributed by atoms with E-state index in [1.807, 2.05) is 11.8 Å². The summed E-state index contributed by atoms with van der Waals surface area (Å²) < 4.78 is 0. The van der Waals surface area contributed by atoms with Crippen LogP contribution in [0.25, 0.3) is 0 Å². The quantitative estimate of drug-likeness (QED) is 0.571. The molecule has 0 bridgehead atoms. The summed E-state index contributed by atoms with van der Waals surface area (Å²) in [5.41, 5.74) is 0. The van der Waals surface area contributed by atoms with E-state index in [-0.39, 0.29) is 0 Å². The molecule has 2 heteroatoms. The maximum absolute atomic E-state index is 10.6. The summed E-state index contributed by atoms with van der Waals surface area (Å²) in [7, 11) is 0. The molecule has 1 unspecified atom stereocenters. The lowest BCUT2D eigenvalue weighted by molar-refractivity contribution is -0.117. The average Bonchev–Trinajstić information content (AvgIpc) is 2.03. The van der Waals surface area contributed by atoms with Gasteiger partial charge in [-0.05, 0) is 30.8 Å². The second-order valence-corrected chi connectivity index (χ2v) is 4.54. The van der Waals surface area contributed by atoms with Gasteiger partial charge in [-0.2, -0.15) is 11.8 Å². The van der Waals surface area contributed by atoms with Crippen LogP contribution in [0.3, 0.4) is 0 Å². The molecular weight excluding hydrogens is 168 g/mol. The van der Waals surface area contributed by atoms with Crippen LogP contribution < -0.4 is 0 Å². The standard InChI is InChI=1S/C10H20OS/c1-4-9(2)8-12-7-5-6-10(3)11/h9H,4-8H2,1-3H3. The number of Topliss-reactive ketones (excluding diaryl/α,β-unsaturated/α-hetero) is 1. The Kier molecular flexibility index (Phi) is 7.67. The molecule has 0 aromatic rings. The van der Waals surface area contributed by atoms with Gasteiger partial charge in [0.05, 0.1) is 0 Å². The van der Waals surface area contributed by atoms with Gasteiger partial charge in [0.2, 0.25) is 0 Å². The van der Waals surface area contributed by atoms with Crippen LogP contribution in [0.4, 0.5) is 0 Å². The van der Waals surface area contributed by atoms with Crippen LogP contribution in [0.2, 0.25) is 0 Å². The van der Waals surface area contributed by atoms with Gasteiger partial charge >= 0.3 is 0 Å². The third-order valence-corrected chi connectivity index (χ3v) is 3.30. The number of thioether (sulfide) groups is 1. The van der Waals surface area contributed by atoms with E-state index < -0.39 is 0 Å². The fourth-order valence-electron chi connectivity index (χ4n) is 0.826. The number of hydrogen-bond acceptors (Lipinski definition) is 2. The third-order valence-electron chi connectivity index (χ3n) is 1.92. The summed E-state index contributed by atoms with van der Waals surface area (Å²) >= 11 is 1.98. The first-order valence-electron chi connectivity index (χ1n) is 4.74. The molecular formula is C10H20OS. The number of rotatable bonds is 7. The van der Waals surface area contributed by atoms with Gasteiger partial charge in [0.1, 0.15) is 5.78 Å². The average molecular weight is 188 g/mol. The third kappa shape index (κ3) is 8.12. The van der Waals surface area contributed by atoms with Crippen molar-refractivity contribution in [3.63, 3.8) is 0 Å². The van der Waals surface area contributed by atoms with E-state index in [4.69, 9.17) is 0 Å². The highest BCUT2D eigenvalue weighted by Gasteiger charge is 1.98. The number of carbonyl (C=O) groups excluding carboxylic acids is 1. The summed E-state index contributed by atoms with van der Waals surface area (Å²) in [4.78, 5) is 10.6. The maximum atomic E-state index is 10.6. The minimum atomic E-state index is 0.319. The lowest BCUT2D eigenvalue weighted by atomic mass is 10.2. The van der Waals surface area contributed by atoms with Crippen molar-refractivity contribution in [2.75, 3.05) is 11.5 Å². The summed E-state index contributed by atoms with van der Waals surface area (Å²) in [6, 6.07) is 0. The van der Waals surface area contributed by atoms with Crippen molar-refractivity contribution < 1.29 is 4.79 Å². The Balaban J connectivity index is 3.05. The summed E-state index contributed by atoms with van der Waals surface area (Å²) in [6.45, 7) is 6.16. The van der Waals surface area contributed by atoms with Gasteiger partial charge in [0, 0.05) is 6.42 Å². The van der Waals surface area contributed by atoms with Gasteiger partial charge in [-0.3, -0.25) is 0 Å². The molecule has 0 spiro atoms. The molecule has 0 aliphatic heterocycles. The fraction of sp³-hybridized carbons (Fsp3) is 0.900. The molecule has 0 fully saturated rings. The smallest absolute Gasteiger partial charge is 0.129 e. The SMILES string of the molecule is CCC(C)CSCCCC(C)=O. The van der Waals surface area contributed by atoms with E-state index in [0.717, 1.165) is 24.5 Å². The second-order valence-electron chi connectivity index (χ2n) is 3.39. The normalized spacial score (nSPS) is 12.9. The van der Waals surface area contributed by atoms with E-state index in [9.17, 15) is 4.79 Å². The highest BCUT2D eigenvalue weighted by Crippen LogP contribution is 2.12. The molecule has 0 heterocycles. The van der Waals surface area contributed by atoms with E-state index in [2.05, 4.69) is 13.8 Å². The largest absolute Gasteiger partial charge is 0.300 e. The van der Waals surface area contributed by atoms with Gasteiger partial charge in [-0.1, -0.05) is 20.3 Å². The Morgan fingerprint density at radius 3 is 2.67 bits per heavy atom. The molecule has 12 heavy (non-hydrogen) atoms. The Labute approximate surface area is 80.3 Å². The van der Waals surface area contributed by atoms with Crippen LogP contribution in [0.1, 0.15) is 40.0 Å². The minimum absolute atomic E-state index is 0.319. The first kappa shape index (κ1) is 12.0. The molecule has 0 saturated heterocycles. The summed E-state index contributed by atoms with van der Waals surface area (Å²) in [6.07, 6.45) is 3.07. The van der Waals surface area contributed by atoms with Crippen molar-refractivity contribution in [1.29, 1.82) is 0 Å². The molecule has 0 aromatic carbocycles. The molecule has 0 aromatic heterocycles. The first-order valence-corrected chi connectivity index (χ1v) is 5.89. The van der Waals surface area contributed by atoms with Gasteiger partial charge in [0.25, 0.3) is 0 Å². The van der Waals surface area contributed by atoms with E-state index in [0.29, 0.717) is 5.78 Å². The van der Waals surface area contributed by atoms with Crippen LogP contribution in [-0.2, 0) is 4.79 Å². The van der Waals surface area contributed by atoms with Crippen molar-refractivity contribution in [1.82, 2.24) is 0 Å². The van der Waals surface area contributed by atoms with Crippen molar-refractivity contribution in [3.8, 4) is 0 Å². The number of hydrogen-bond donors (Lipinski definition) is 0. The number of ketones is 1. The van der Waals surface area contributed by atoms with Crippen LogP contribution in [0.5, 0.6) is 0 Å². The molecule has 0 radical (unpaired) electrons. The molecule has 0 aliphatic rings. The van der Waals surface area contributed by atoms with Gasteiger partial charge < -0.3 is 4.79 Å². The van der Waals surface area contributed by atoms with E-state index >= 15 is 0 Å². The Hall–Kier alpha value is 0.0200.